The number of carbonyl (C=O) groups is 5. The van der Waals surface area contributed by atoms with Gasteiger partial charge in [-0.25, -0.2) is 4.79 Å². The van der Waals surface area contributed by atoms with Gasteiger partial charge in [0.05, 0.1) is 6.61 Å². The average molecular weight is 699 g/mol. The smallest absolute Gasteiger partial charge is 0.334 e. The molecule has 2 fully saturated rings. The van der Waals surface area contributed by atoms with Crippen LogP contribution in [0.4, 0.5) is 0 Å². The number of hydrogen-bond acceptors (Lipinski definition) is 16. The Labute approximate surface area is 285 Å². The first-order valence-corrected chi connectivity index (χ1v) is 15.6. The molecule has 2 aromatic carbocycles. The van der Waals surface area contributed by atoms with Gasteiger partial charge in [0.2, 0.25) is 26.0 Å². The fourth-order valence-electron chi connectivity index (χ4n) is 5.95. The Hall–Kier alpha value is -5.51. The summed E-state index contributed by atoms with van der Waals surface area (Å²) in [6.07, 6.45) is -5.06. The summed E-state index contributed by atoms with van der Waals surface area (Å²) in [6, 6.07) is 8.54. The number of esters is 5. The quantitative estimate of drug-likeness (QED) is 0.200. The van der Waals surface area contributed by atoms with E-state index in [1.807, 2.05) is 0 Å². The molecule has 4 aliphatic rings. The van der Waals surface area contributed by atoms with E-state index in [0.717, 1.165) is 20.8 Å². The molecule has 0 amide bonds. The summed E-state index contributed by atoms with van der Waals surface area (Å²) in [5, 5.41) is 0. The van der Waals surface area contributed by atoms with Crippen LogP contribution in [0, 0.1) is 5.92 Å². The van der Waals surface area contributed by atoms with Crippen LogP contribution in [0.25, 0.3) is 6.08 Å². The van der Waals surface area contributed by atoms with Crippen LogP contribution < -0.4 is 23.7 Å². The number of ether oxygens (including phenoxy) is 11. The first-order chi connectivity index (χ1) is 23.9. The fourth-order valence-corrected chi connectivity index (χ4v) is 5.95. The largest absolute Gasteiger partial charge is 0.463 e. The summed E-state index contributed by atoms with van der Waals surface area (Å²) in [4.78, 5) is 61.4. The van der Waals surface area contributed by atoms with Gasteiger partial charge in [-0.15, -0.1) is 0 Å². The van der Waals surface area contributed by atoms with Crippen LogP contribution in [0.5, 0.6) is 28.7 Å². The molecular formula is C34H34O16. The van der Waals surface area contributed by atoms with Crippen molar-refractivity contribution in [3.05, 3.63) is 47.0 Å². The molecule has 6 atom stereocenters. The molecule has 6 rings (SSSR count). The lowest BCUT2D eigenvalue weighted by molar-refractivity contribution is -0.288. The SMILES string of the molecule is CC(=O)OC[C@H]1O[C@@H](Oc2cc3c(cc2C[C@H]2COC(=O)/C2=C/c2ccc4c(c2)OCO4)OCO3)[C@H](OC(C)=O)[C@@H](OC(C)=O)[C@@H]1OC(C)=O. The Balaban J connectivity index is 1.34. The topological polar surface area (TPSA) is 187 Å². The number of rotatable bonds is 10. The zero-order chi connectivity index (χ0) is 35.5. The van der Waals surface area contributed by atoms with Gasteiger partial charge in [-0.3, -0.25) is 19.2 Å². The van der Waals surface area contributed by atoms with Crippen molar-refractivity contribution >= 4 is 35.9 Å². The molecule has 0 saturated carbocycles. The van der Waals surface area contributed by atoms with E-state index in [-0.39, 0.29) is 32.4 Å². The minimum atomic E-state index is -1.50. The first-order valence-electron chi connectivity index (χ1n) is 15.6. The number of carbonyl (C=O) groups excluding carboxylic acids is 5. The van der Waals surface area contributed by atoms with Crippen LogP contribution in [-0.4, -0.2) is 87.4 Å². The molecule has 4 aliphatic heterocycles. The van der Waals surface area contributed by atoms with Gasteiger partial charge in [-0.2, -0.15) is 0 Å². The second kappa shape index (κ2) is 14.5. The summed E-state index contributed by atoms with van der Waals surface area (Å²) < 4.78 is 61.7. The van der Waals surface area contributed by atoms with E-state index in [1.165, 1.54) is 6.92 Å². The number of hydrogen-bond donors (Lipinski definition) is 0. The summed E-state index contributed by atoms with van der Waals surface area (Å²) >= 11 is 0. The van der Waals surface area contributed by atoms with Gasteiger partial charge in [-0.05, 0) is 41.8 Å². The van der Waals surface area contributed by atoms with E-state index in [9.17, 15) is 24.0 Å². The molecule has 0 bridgehead atoms. The van der Waals surface area contributed by atoms with Crippen LogP contribution in [0.15, 0.2) is 35.9 Å². The highest BCUT2D eigenvalue weighted by Crippen LogP contribution is 2.42. The molecule has 0 unspecified atom stereocenters. The Kier molecular flexibility index (Phi) is 9.99. The normalized spacial score (nSPS) is 25.4. The van der Waals surface area contributed by atoms with E-state index in [2.05, 4.69) is 0 Å². The minimum Gasteiger partial charge on any atom is -0.463 e. The summed E-state index contributed by atoms with van der Waals surface area (Å²) in [6.45, 7) is 4.24. The molecule has 0 spiro atoms. The van der Waals surface area contributed by atoms with E-state index in [1.54, 1.807) is 36.4 Å². The Morgan fingerprint density at radius 1 is 0.740 bits per heavy atom. The fraction of sp³-hybridized carbons (Fsp3) is 0.441. The van der Waals surface area contributed by atoms with Crippen LogP contribution in [-0.2, 0) is 58.8 Å². The van der Waals surface area contributed by atoms with Crippen molar-refractivity contribution in [1.29, 1.82) is 0 Å². The zero-order valence-corrected chi connectivity index (χ0v) is 27.5. The van der Waals surface area contributed by atoms with Gasteiger partial charge in [0.1, 0.15) is 18.5 Å². The highest BCUT2D eigenvalue weighted by molar-refractivity contribution is 5.96. The van der Waals surface area contributed by atoms with E-state index in [0.29, 0.717) is 39.7 Å². The van der Waals surface area contributed by atoms with Crippen molar-refractivity contribution in [2.24, 2.45) is 5.92 Å². The third kappa shape index (κ3) is 7.70. The molecule has 16 heteroatoms. The van der Waals surface area contributed by atoms with Crippen molar-refractivity contribution in [1.82, 2.24) is 0 Å². The summed E-state index contributed by atoms with van der Waals surface area (Å²) in [7, 11) is 0. The van der Waals surface area contributed by atoms with Crippen LogP contribution in [0.3, 0.4) is 0 Å². The maximum Gasteiger partial charge on any atom is 0.334 e. The van der Waals surface area contributed by atoms with E-state index >= 15 is 0 Å². The molecule has 0 aliphatic carbocycles. The summed E-state index contributed by atoms with van der Waals surface area (Å²) in [5.74, 6) is -1.83. The highest BCUT2D eigenvalue weighted by Gasteiger charge is 2.53. The third-order valence-electron chi connectivity index (χ3n) is 8.02. The monoisotopic (exact) mass is 698 g/mol. The van der Waals surface area contributed by atoms with Crippen LogP contribution in [0.2, 0.25) is 0 Å². The predicted octanol–water partition coefficient (Wildman–Crippen LogP) is 2.40. The number of cyclic esters (lactones) is 1. The molecule has 0 aromatic heterocycles. The Morgan fingerprint density at radius 2 is 1.36 bits per heavy atom. The summed E-state index contributed by atoms with van der Waals surface area (Å²) in [5.41, 5.74) is 1.63. The van der Waals surface area contributed by atoms with Gasteiger partial charge in [0.25, 0.3) is 0 Å². The molecule has 0 N–H and O–H groups in total. The predicted molar refractivity (Wildman–Crippen MR) is 164 cm³/mol. The van der Waals surface area contributed by atoms with Gasteiger partial charge in [-0.1, -0.05) is 6.07 Å². The van der Waals surface area contributed by atoms with Crippen LogP contribution in [0.1, 0.15) is 38.8 Å². The molecular weight excluding hydrogens is 664 g/mol. The Morgan fingerprint density at radius 3 is 2.04 bits per heavy atom. The van der Waals surface area contributed by atoms with Crippen molar-refractivity contribution in [3.63, 3.8) is 0 Å². The van der Waals surface area contributed by atoms with Crippen molar-refractivity contribution in [3.8, 4) is 28.7 Å². The van der Waals surface area contributed by atoms with Crippen molar-refractivity contribution in [2.45, 2.75) is 64.8 Å². The number of fused-ring (bicyclic) bond motifs is 2. The maximum absolute atomic E-state index is 12.9. The van der Waals surface area contributed by atoms with Crippen LogP contribution >= 0.6 is 0 Å². The molecule has 16 nitrogen and oxygen atoms in total. The first kappa shape index (κ1) is 34.4. The lowest BCUT2D eigenvalue weighted by Crippen LogP contribution is -2.63. The lowest BCUT2D eigenvalue weighted by atomic mass is 9.92. The van der Waals surface area contributed by atoms with E-state index < -0.39 is 73.1 Å². The van der Waals surface area contributed by atoms with Gasteiger partial charge in [0.15, 0.2) is 35.2 Å². The van der Waals surface area contributed by atoms with Crippen molar-refractivity contribution in [2.75, 3.05) is 26.8 Å². The lowest BCUT2D eigenvalue weighted by Gasteiger charge is -2.44. The average Bonchev–Trinajstić information content (AvgIpc) is 3.79. The zero-order valence-electron chi connectivity index (χ0n) is 27.5. The molecule has 0 radical (unpaired) electrons. The van der Waals surface area contributed by atoms with Gasteiger partial charge in [0, 0.05) is 45.3 Å². The molecule has 2 saturated heterocycles. The third-order valence-corrected chi connectivity index (χ3v) is 8.02. The van der Waals surface area contributed by atoms with E-state index in [4.69, 9.17) is 52.1 Å². The molecule has 4 heterocycles. The maximum atomic E-state index is 12.9. The highest BCUT2D eigenvalue weighted by atomic mass is 16.7. The number of benzene rings is 2. The standard InChI is InChI=1S/C34H34O16/c1-16(35)40-13-29-30(46-17(2)36)31(47-18(3)37)32(48-19(4)38)34(50-29)49-25-11-28-27(44-15-45-28)10-21(25)9-22-12-41-33(39)23(22)7-20-5-6-24-26(8-20)43-14-42-24/h5-8,10-11,22,29-32,34H,9,12-15H2,1-4H3/b23-7+/t22-,29+,30+,31-,32+,34+/m0/s1. The van der Waals surface area contributed by atoms with Gasteiger partial charge >= 0.3 is 29.8 Å². The molecule has 2 aromatic rings. The molecule has 266 valence electrons. The van der Waals surface area contributed by atoms with Gasteiger partial charge < -0.3 is 52.1 Å². The second-order valence-electron chi connectivity index (χ2n) is 11.7. The molecule has 50 heavy (non-hydrogen) atoms. The minimum absolute atomic E-state index is 0.0580. The second-order valence-corrected chi connectivity index (χ2v) is 11.7. The van der Waals surface area contributed by atoms with Crippen molar-refractivity contribution < 1.29 is 76.1 Å². The Bertz CT molecular complexity index is 1710.